The van der Waals surface area contributed by atoms with Crippen molar-refractivity contribution >= 4 is 35.0 Å². The highest BCUT2D eigenvalue weighted by Crippen LogP contribution is 2.33. The van der Waals surface area contributed by atoms with Gasteiger partial charge >= 0.3 is 0 Å². The van der Waals surface area contributed by atoms with Gasteiger partial charge in [-0.2, -0.15) is 0 Å². The minimum absolute atomic E-state index is 0.0160. The van der Waals surface area contributed by atoms with E-state index in [1.165, 1.54) is 6.42 Å². The number of rotatable bonds is 5. The summed E-state index contributed by atoms with van der Waals surface area (Å²) in [7, 11) is 0. The lowest BCUT2D eigenvalue weighted by Crippen LogP contribution is -2.52. The van der Waals surface area contributed by atoms with Crippen LogP contribution in [0.3, 0.4) is 0 Å². The summed E-state index contributed by atoms with van der Waals surface area (Å²) < 4.78 is 6.04. The van der Waals surface area contributed by atoms with Gasteiger partial charge in [-0.05, 0) is 55.9 Å². The Labute approximate surface area is 181 Å². The maximum atomic E-state index is 13.0. The number of thioether (sulfide) groups is 1. The molecule has 1 saturated heterocycles. The van der Waals surface area contributed by atoms with Crippen LogP contribution >= 0.6 is 11.8 Å². The van der Waals surface area contributed by atoms with E-state index in [9.17, 15) is 9.59 Å². The first kappa shape index (κ1) is 20.6. The van der Waals surface area contributed by atoms with Crippen molar-refractivity contribution in [2.75, 3.05) is 42.7 Å². The smallest absolute Gasteiger partial charge is 0.265 e. The third-order valence-corrected chi connectivity index (χ3v) is 6.22. The Kier molecular flexibility index (Phi) is 6.47. The fraction of sp³-hybridized carbons (Fsp3) is 0.391. The average Bonchev–Trinajstić information content (AvgIpc) is 2.79. The van der Waals surface area contributed by atoms with Gasteiger partial charge in [0, 0.05) is 23.7 Å². The summed E-state index contributed by atoms with van der Waals surface area (Å²) in [6.07, 6.45) is 4.66. The van der Waals surface area contributed by atoms with Gasteiger partial charge in [-0.1, -0.05) is 18.2 Å². The first-order valence-corrected chi connectivity index (χ1v) is 11.6. The van der Waals surface area contributed by atoms with Crippen LogP contribution in [0.25, 0.3) is 0 Å². The summed E-state index contributed by atoms with van der Waals surface area (Å²) in [6.45, 7) is 2.09. The molecule has 158 valence electrons. The van der Waals surface area contributed by atoms with Crippen LogP contribution in [0, 0.1) is 0 Å². The van der Waals surface area contributed by atoms with Crippen LogP contribution in [0.2, 0.25) is 0 Å². The number of nitrogens with one attached hydrogen (secondary N) is 1. The Morgan fingerprint density at radius 2 is 1.90 bits per heavy atom. The van der Waals surface area contributed by atoms with Gasteiger partial charge in [0.05, 0.1) is 18.8 Å². The van der Waals surface area contributed by atoms with Gasteiger partial charge in [-0.25, -0.2) is 0 Å². The predicted octanol–water partition coefficient (Wildman–Crippen LogP) is 3.63. The number of hydrogen-bond acceptors (Lipinski definition) is 5. The highest BCUT2D eigenvalue weighted by molar-refractivity contribution is 7.98. The summed E-state index contributed by atoms with van der Waals surface area (Å²) in [5, 5.41) is 2.97. The standard InChI is InChI=1S/C23H27N3O3S/c1-30-18-9-7-8-17(14-18)24-22(27)16-26-15-21(23(28)25-12-5-2-6-13-25)29-20-11-4-3-10-19(20)26/h3-4,7-11,14,21H,2,5-6,12-13,15-16H2,1H3,(H,24,27). The molecule has 7 heteroatoms. The summed E-state index contributed by atoms with van der Waals surface area (Å²) in [5.41, 5.74) is 1.61. The molecule has 0 saturated carbocycles. The zero-order valence-electron chi connectivity index (χ0n) is 17.2. The zero-order chi connectivity index (χ0) is 20.9. The largest absolute Gasteiger partial charge is 0.477 e. The van der Waals surface area contributed by atoms with Crippen LogP contribution in [0.5, 0.6) is 5.75 Å². The Hall–Kier alpha value is -2.67. The molecule has 1 atom stereocenters. The predicted molar refractivity (Wildman–Crippen MR) is 120 cm³/mol. The molecule has 6 nitrogen and oxygen atoms in total. The Morgan fingerprint density at radius 1 is 1.10 bits per heavy atom. The Bertz CT molecular complexity index is 914. The van der Waals surface area contributed by atoms with E-state index in [1.54, 1.807) is 11.8 Å². The van der Waals surface area contributed by atoms with Crippen molar-refractivity contribution in [2.24, 2.45) is 0 Å². The minimum atomic E-state index is -0.592. The molecule has 0 spiro atoms. The van der Waals surface area contributed by atoms with Crippen molar-refractivity contribution in [1.82, 2.24) is 4.90 Å². The number of piperidine rings is 1. The summed E-state index contributed by atoms with van der Waals surface area (Å²) in [5.74, 6) is 0.549. The van der Waals surface area contributed by atoms with Gasteiger partial charge in [0.2, 0.25) is 5.91 Å². The molecule has 2 aromatic carbocycles. The summed E-state index contributed by atoms with van der Waals surface area (Å²) >= 11 is 1.63. The van der Waals surface area contributed by atoms with E-state index in [0.29, 0.717) is 12.3 Å². The highest BCUT2D eigenvalue weighted by Gasteiger charge is 2.34. The average molecular weight is 426 g/mol. The van der Waals surface area contributed by atoms with Crippen LogP contribution in [0.15, 0.2) is 53.4 Å². The molecule has 2 aliphatic rings. The molecule has 4 rings (SSSR count). The number of fused-ring (bicyclic) bond motifs is 1. The van der Waals surface area contributed by atoms with Gasteiger partial charge in [0.1, 0.15) is 5.75 Å². The number of para-hydroxylation sites is 2. The van der Waals surface area contributed by atoms with E-state index in [0.717, 1.165) is 42.2 Å². The lowest BCUT2D eigenvalue weighted by molar-refractivity contribution is -0.139. The Morgan fingerprint density at radius 3 is 2.70 bits per heavy atom. The molecule has 1 fully saturated rings. The third-order valence-electron chi connectivity index (χ3n) is 5.49. The van der Waals surface area contributed by atoms with Gasteiger partial charge < -0.3 is 19.9 Å². The van der Waals surface area contributed by atoms with Crippen LogP contribution in [-0.4, -0.2) is 55.3 Å². The number of anilines is 2. The third kappa shape index (κ3) is 4.73. The molecule has 0 bridgehead atoms. The second-order valence-corrected chi connectivity index (χ2v) is 8.50. The van der Waals surface area contributed by atoms with Crippen LogP contribution in [-0.2, 0) is 9.59 Å². The molecule has 2 heterocycles. The van der Waals surface area contributed by atoms with Crippen LogP contribution < -0.4 is 15.0 Å². The number of ether oxygens (including phenoxy) is 1. The number of carbonyl (C=O) groups is 2. The van der Waals surface area contributed by atoms with E-state index in [4.69, 9.17) is 4.74 Å². The van der Waals surface area contributed by atoms with Crippen molar-refractivity contribution < 1.29 is 14.3 Å². The normalized spacial score (nSPS) is 18.4. The summed E-state index contributed by atoms with van der Waals surface area (Å²) in [6, 6.07) is 15.4. The van der Waals surface area contributed by atoms with Gasteiger partial charge in [0.15, 0.2) is 6.10 Å². The molecule has 1 unspecified atom stereocenters. The molecule has 0 aliphatic carbocycles. The lowest BCUT2D eigenvalue weighted by atomic mass is 10.1. The molecule has 30 heavy (non-hydrogen) atoms. The van der Waals surface area contributed by atoms with E-state index in [1.807, 2.05) is 64.6 Å². The number of benzene rings is 2. The second-order valence-electron chi connectivity index (χ2n) is 7.62. The second kappa shape index (κ2) is 9.43. The quantitative estimate of drug-likeness (QED) is 0.742. The first-order chi connectivity index (χ1) is 14.6. The van der Waals surface area contributed by atoms with E-state index in [-0.39, 0.29) is 18.4 Å². The molecule has 2 amide bonds. The van der Waals surface area contributed by atoms with E-state index >= 15 is 0 Å². The van der Waals surface area contributed by atoms with Crippen molar-refractivity contribution in [2.45, 2.75) is 30.3 Å². The van der Waals surface area contributed by atoms with Crippen LogP contribution in [0.1, 0.15) is 19.3 Å². The zero-order valence-corrected chi connectivity index (χ0v) is 18.0. The molecular formula is C23H27N3O3S. The lowest BCUT2D eigenvalue weighted by Gasteiger charge is -2.38. The number of likely N-dealkylation sites (tertiary alicyclic amines) is 1. The van der Waals surface area contributed by atoms with Gasteiger partial charge in [-0.15, -0.1) is 11.8 Å². The van der Waals surface area contributed by atoms with Crippen molar-refractivity contribution in [3.05, 3.63) is 48.5 Å². The maximum absolute atomic E-state index is 13.0. The number of nitrogens with zero attached hydrogens (tertiary/aromatic N) is 2. The van der Waals surface area contributed by atoms with Crippen LogP contribution in [0.4, 0.5) is 11.4 Å². The van der Waals surface area contributed by atoms with Crippen molar-refractivity contribution in [3.8, 4) is 5.75 Å². The van der Waals surface area contributed by atoms with E-state index in [2.05, 4.69) is 5.32 Å². The molecular weight excluding hydrogens is 398 g/mol. The molecule has 0 radical (unpaired) electrons. The fourth-order valence-electron chi connectivity index (χ4n) is 3.98. The number of hydrogen-bond donors (Lipinski definition) is 1. The molecule has 2 aromatic rings. The highest BCUT2D eigenvalue weighted by atomic mass is 32.2. The van der Waals surface area contributed by atoms with E-state index < -0.39 is 6.10 Å². The topological polar surface area (TPSA) is 61.9 Å². The Balaban J connectivity index is 1.48. The molecule has 2 aliphatic heterocycles. The monoisotopic (exact) mass is 425 g/mol. The molecule has 1 N–H and O–H groups in total. The molecule has 0 aromatic heterocycles. The van der Waals surface area contributed by atoms with Crippen molar-refractivity contribution in [1.29, 1.82) is 0 Å². The minimum Gasteiger partial charge on any atom is -0.477 e. The fourth-order valence-corrected chi connectivity index (χ4v) is 4.44. The first-order valence-electron chi connectivity index (χ1n) is 10.4. The van der Waals surface area contributed by atoms with Gasteiger partial charge in [-0.3, -0.25) is 9.59 Å². The van der Waals surface area contributed by atoms with Crippen molar-refractivity contribution in [3.63, 3.8) is 0 Å². The summed E-state index contributed by atoms with van der Waals surface area (Å²) in [4.78, 5) is 30.7. The number of carbonyl (C=O) groups excluding carboxylic acids is 2. The maximum Gasteiger partial charge on any atom is 0.265 e. The number of amides is 2. The van der Waals surface area contributed by atoms with Gasteiger partial charge in [0.25, 0.3) is 5.91 Å². The SMILES string of the molecule is CSc1cccc(NC(=O)CN2CC(C(=O)N3CCCCC3)Oc3ccccc32)c1.